The first-order valence-electron chi connectivity index (χ1n) is 14.0. The summed E-state index contributed by atoms with van der Waals surface area (Å²) in [5.41, 5.74) is 3.75. The number of ether oxygens (including phenoxy) is 1. The SMILES string of the molecule is Cc1c(F)cccc1Nc1c(-c2ccncc2C#C[C@@]2(C)CCCN2C(=O)OC(C)(C)C)[nH]c2c1C(=O)CNCC2. The molecule has 3 aromatic rings. The number of pyridine rings is 1. The molecule has 214 valence electrons. The number of H-pyrrole nitrogens is 1. The lowest BCUT2D eigenvalue weighted by atomic mass is 9.98. The van der Waals surface area contributed by atoms with E-state index in [1.54, 1.807) is 36.4 Å². The Kier molecular flexibility index (Phi) is 7.62. The molecule has 0 aliphatic carbocycles. The molecule has 3 N–H and O–H groups in total. The van der Waals surface area contributed by atoms with Gasteiger partial charge in [-0.15, -0.1) is 0 Å². The average molecular weight is 558 g/mol. The summed E-state index contributed by atoms with van der Waals surface area (Å²) < 4.78 is 20.1. The lowest BCUT2D eigenvalue weighted by molar-refractivity contribution is 0.0179. The van der Waals surface area contributed by atoms with Crippen molar-refractivity contribution in [2.75, 3.05) is 25.0 Å². The van der Waals surface area contributed by atoms with Gasteiger partial charge in [0.1, 0.15) is 17.0 Å². The summed E-state index contributed by atoms with van der Waals surface area (Å²) in [6.45, 7) is 10.6. The Labute approximate surface area is 240 Å². The van der Waals surface area contributed by atoms with Gasteiger partial charge in [-0.2, -0.15) is 0 Å². The molecule has 2 aliphatic rings. The van der Waals surface area contributed by atoms with Gasteiger partial charge in [-0.25, -0.2) is 9.18 Å². The average Bonchev–Trinajstić information content (AvgIpc) is 3.42. The van der Waals surface area contributed by atoms with Crippen molar-refractivity contribution in [3.63, 3.8) is 0 Å². The standard InChI is InChI=1S/C32H36FN5O3/c1-20-23(33)8-6-9-24(20)36-29-27-25(12-16-35-19-26(27)39)37-28(29)22-11-15-34-18-21(22)10-14-32(5)13-7-17-38(32)30(40)41-31(2,3)4/h6,8-9,11,15,18,35-37H,7,12-13,16-17,19H2,1-5H3/t32-/m1/s1. The van der Waals surface area contributed by atoms with Crippen LogP contribution in [0.15, 0.2) is 36.7 Å². The predicted molar refractivity (Wildman–Crippen MR) is 157 cm³/mol. The molecule has 0 spiro atoms. The molecule has 1 aromatic carbocycles. The zero-order valence-corrected chi connectivity index (χ0v) is 24.2. The highest BCUT2D eigenvalue weighted by molar-refractivity contribution is 6.08. The van der Waals surface area contributed by atoms with Gasteiger partial charge in [0.2, 0.25) is 0 Å². The highest BCUT2D eigenvalue weighted by Crippen LogP contribution is 2.39. The fraction of sp³-hybridized carbons (Fsp3) is 0.406. The van der Waals surface area contributed by atoms with Crippen molar-refractivity contribution in [1.82, 2.24) is 20.2 Å². The minimum Gasteiger partial charge on any atom is -0.444 e. The lowest BCUT2D eigenvalue weighted by Crippen LogP contribution is -2.46. The number of benzene rings is 1. The van der Waals surface area contributed by atoms with Gasteiger partial charge >= 0.3 is 6.09 Å². The van der Waals surface area contributed by atoms with Crippen LogP contribution in [0.5, 0.6) is 0 Å². The number of aromatic nitrogens is 2. The summed E-state index contributed by atoms with van der Waals surface area (Å²) in [7, 11) is 0. The lowest BCUT2D eigenvalue weighted by Gasteiger charge is -2.32. The van der Waals surface area contributed by atoms with Crippen molar-refractivity contribution in [3.8, 4) is 23.1 Å². The van der Waals surface area contributed by atoms with Gasteiger partial charge in [-0.05, 0) is 65.7 Å². The van der Waals surface area contributed by atoms with Crippen molar-refractivity contribution in [1.29, 1.82) is 0 Å². The molecule has 0 saturated carbocycles. The molecule has 2 aromatic heterocycles. The zero-order valence-electron chi connectivity index (χ0n) is 24.2. The van der Waals surface area contributed by atoms with Gasteiger partial charge in [0.05, 0.1) is 29.1 Å². The van der Waals surface area contributed by atoms with Crippen LogP contribution in [0.4, 0.5) is 20.6 Å². The predicted octanol–water partition coefficient (Wildman–Crippen LogP) is 5.74. The number of rotatable bonds is 3. The van der Waals surface area contributed by atoms with Gasteiger partial charge < -0.3 is 20.4 Å². The molecular formula is C32H36FN5O3. The fourth-order valence-corrected chi connectivity index (χ4v) is 5.37. The van der Waals surface area contributed by atoms with Crippen LogP contribution in [0.2, 0.25) is 0 Å². The number of nitrogens with one attached hydrogen (secondary N) is 3. The molecule has 0 radical (unpaired) electrons. The number of hydrogen-bond donors (Lipinski definition) is 3. The fourth-order valence-electron chi connectivity index (χ4n) is 5.37. The summed E-state index contributed by atoms with van der Waals surface area (Å²) in [6, 6.07) is 6.69. The van der Waals surface area contributed by atoms with E-state index in [-0.39, 0.29) is 24.2 Å². The first kappa shape index (κ1) is 28.4. The van der Waals surface area contributed by atoms with Gasteiger partial charge in [0.15, 0.2) is 5.78 Å². The summed E-state index contributed by atoms with van der Waals surface area (Å²) in [5, 5.41) is 6.53. The van der Waals surface area contributed by atoms with Crippen molar-refractivity contribution < 1.29 is 18.7 Å². The van der Waals surface area contributed by atoms with E-state index in [0.29, 0.717) is 53.3 Å². The number of hydrogen-bond acceptors (Lipinski definition) is 6. The molecule has 0 unspecified atom stereocenters. The molecule has 4 heterocycles. The molecule has 5 rings (SSSR count). The van der Waals surface area contributed by atoms with Crippen molar-refractivity contribution in [3.05, 3.63) is 64.9 Å². The molecule has 41 heavy (non-hydrogen) atoms. The quantitative estimate of drug-likeness (QED) is 0.356. The van der Waals surface area contributed by atoms with E-state index in [0.717, 1.165) is 24.1 Å². The van der Waals surface area contributed by atoms with Gasteiger partial charge in [-0.1, -0.05) is 17.9 Å². The molecule has 1 atom stereocenters. The third kappa shape index (κ3) is 5.84. The van der Waals surface area contributed by atoms with Crippen molar-refractivity contribution in [2.45, 2.75) is 65.0 Å². The molecule has 0 bridgehead atoms. The normalized spacial score (nSPS) is 18.8. The minimum absolute atomic E-state index is 0.0512. The topological polar surface area (TPSA) is 99.3 Å². The number of halogens is 1. The maximum absolute atomic E-state index is 14.5. The number of aromatic amines is 1. The van der Waals surface area contributed by atoms with E-state index in [1.165, 1.54) is 6.07 Å². The van der Waals surface area contributed by atoms with E-state index in [4.69, 9.17) is 4.74 Å². The number of nitrogens with zero attached hydrogens (tertiary/aromatic N) is 2. The summed E-state index contributed by atoms with van der Waals surface area (Å²) in [5.74, 6) is 6.25. The number of Topliss-reactive ketones (excluding diaryl/α,β-unsaturated/α-hetero) is 1. The van der Waals surface area contributed by atoms with Crippen LogP contribution in [0.1, 0.15) is 67.7 Å². The largest absolute Gasteiger partial charge is 0.444 e. The molecule has 8 nitrogen and oxygen atoms in total. The van der Waals surface area contributed by atoms with E-state index in [1.807, 2.05) is 33.8 Å². The first-order chi connectivity index (χ1) is 19.5. The molecule has 1 saturated heterocycles. The number of ketones is 1. The Morgan fingerprint density at radius 2 is 2.07 bits per heavy atom. The highest BCUT2D eigenvalue weighted by atomic mass is 19.1. The van der Waals surface area contributed by atoms with Crippen LogP contribution in [-0.4, -0.2) is 57.5 Å². The first-order valence-corrected chi connectivity index (χ1v) is 14.0. The maximum Gasteiger partial charge on any atom is 0.411 e. The molecule has 1 fully saturated rings. The van der Waals surface area contributed by atoms with Gasteiger partial charge in [0, 0.05) is 54.4 Å². The van der Waals surface area contributed by atoms with Crippen LogP contribution in [0.25, 0.3) is 11.3 Å². The van der Waals surface area contributed by atoms with Crippen LogP contribution in [-0.2, 0) is 11.2 Å². The Balaban J connectivity index is 1.59. The second kappa shape index (κ2) is 11.0. The Morgan fingerprint density at radius 1 is 1.27 bits per heavy atom. The zero-order chi connectivity index (χ0) is 29.4. The maximum atomic E-state index is 14.5. The minimum atomic E-state index is -0.705. The van der Waals surface area contributed by atoms with E-state index < -0.39 is 11.1 Å². The molecule has 2 aliphatic heterocycles. The number of likely N-dealkylation sites (tertiary alicyclic amines) is 1. The number of fused-ring (bicyclic) bond motifs is 1. The van der Waals surface area contributed by atoms with Crippen LogP contribution in [0.3, 0.4) is 0 Å². The molecule has 9 heteroatoms. The monoisotopic (exact) mass is 557 g/mol. The number of carbonyl (C=O) groups excluding carboxylic acids is 2. The van der Waals surface area contributed by atoms with Gasteiger partial charge in [-0.3, -0.25) is 14.7 Å². The number of anilines is 2. The Morgan fingerprint density at radius 3 is 2.85 bits per heavy atom. The van der Waals surface area contributed by atoms with Crippen LogP contribution in [0, 0.1) is 24.6 Å². The molecule has 1 amide bonds. The molecular weight excluding hydrogens is 521 g/mol. The smallest absolute Gasteiger partial charge is 0.411 e. The Hall–Kier alpha value is -4.16. The van der Waals surface area contributed by atoms with Gasteiger partial charge in [0.25, 0.3) is 0 Å². The van der Waals surface area contributed by atoms with E-state index >= 15 is 0 Å². The second-order valence-corrected chi connectivity index (χ2v) is 11.8. The highest BCUT2D eigenvalue weighted by Gasteiger charge is 2.40. The summed E-state index contributed by atoms with van der Waals surface area (Å²) >= 11 is 0. The second-order valence-electron chi connectivity index (χ2n) is 11.8. The number of carbonyl (C=O) groups is 2. The summed E-state index contributed by atoms with van der Waals surface area (Å²) in [6.07, 6.45) is 5.16. The third-order valence-electron chi connectivity index (χ3n) is 7.53. The third-order valence-corrected chi connectivity index (χ3v) is 7.53. The van der Waals surface area contributed by atoms with E-state index in [9.17, 15) is 14.0 Å². The Bertz CT molecular complexity index is 1560. The van der Waals surface area contributed by atoms with Crippen LogP contribution >= 0.6 is 0 Å². The van der Waals surface area contributed by atoms with Crippen molar-refractivity contribution in [2.24, 2.45) is 0 Å². The van der Waals surface area contributed by atoms with E-state index in [2.05, 4.69) is 32.4 Å². The summed E-state index contributed by atoms with van der Waals surface area (Å²) in [4.78, 5) is 35.7. The number of amides is 1. The van der Waals surface area contributed by atoms with Crippen molar-refractivity contribution >= 4 is 23.3 Å². The van der Waals surface area contributed by atoms with Crippen LogP contribution < -0.4 is 10.6 Å².